The normalized spacial score (nSPS) is 13.6. The molecule has 0 fully saturated rings. The van der Waals surface area contributed by atoms with Crippen molar-refractivity contribution >= 4 is 28.9 Å². The third-order valence-corrected chi connectivity index (χ3v) is 5.30. The summed E-state index contributed by atoms with van der Waals surface area (Å²) in [5.74, 6) is 0.375. The Morgan fingerprint density at radius 2 is 1.68 bits per heavy atom. The lowest BCUT2D eigenvalue weighted by molar-refractivity contribution is -0.137. The average molecular weight is 426 g/mol. The molecule has 2 aromatic carbocycles. The molecule has 1 aromatic heterocycles. The number of nitrogens with zero attached hydrogens (tertiary/aromatic N) is 2. The van der Waals surface area contributed by atoms with Crippen LogP contribution in [0.1, 0.15) is 45.6 Å². The second-order valence-electron chi connectivity index (χ2n) is 7.62. The Morgan fingerprint density at radius 1 is 0.903 bits per heavy atom. The minimum Gasteiger partial charge on any atom is -0.339 e. The van der Waals surface area contributed by atoms with Crippen molar-refractivity contribution in [2.45, 2.75) is 39.3 Å². The van der Waals surface area contributed by atoms with E-state index in [1.54, 1.807) is 0 Å². The Morgan fingerprint density at radius 3 is 2.42 bits per heavy atom. The number of carbonyl (C=O) groups is 1. The third-order valence-electron chi connectivity index (χ3n) is 5.30. The van der Waals surface area contributed by atoms with E-state index in [0.29, 0.717) is 30.5 Å². The third kappa shape index (κ3) is 4.52. The van der Waals surface area contributed by atoms with Gasteiger partial charge in [-0.15, -0.1) is 0 Å². The molecule has 1 aliphatic carbocycles. The second kappa shape index (κ2) is 8.02. The number of halogens is 3. The monoisotopic (exact) mass is 426 g/mol. The molecule has 0 unspecified atom stereocenters. The van der Waals surface area contributed by atoms with Crippen LogP contribution in [0.4, 0.5) is 36.3 Å². The van der Waals surface area contributed by atoms with E-state index in [4.69, 9.17) is 0 Å². The first-order valence-corrected chi connectivity index (χ1v) is 9.93. The maximum atomic E-state index is 13.1. The fraction of sp³-hybridized carbons (Fsp3) is 0.261. The van der Waals surface area contributed by atoms with Gasteiger partial charge >= 0.3 is 6.18 Å². The number of fused-ring (bicyclic) bond motifs is 1. The van der Waals surface area contributed by atoms with E-state index in [1.165, 1.54) is 12.1 Å². The zero-order valence-corrected chi connectivity index (χ0v) is 17.1. The van der Waals surface area contributed by atoms with Gasteiger partial charge in [0.25, 0.3) is 0 Å². The molecule has 0 atom stereocenters. The number of nitrogens with one attached hydrogen (secondary N) is 2. The van der Waals surface area contributed by atoms with E-state index in [9.17, 15) is 18.0 Å². The first kappa shape index (κ1) is 20.8. The van der Waals surface area contributed by atoms with Crippen LogP contribution in [0, 0.1) is 13.8 Å². The number of hydrogen-bond acceptors (Lipinski definition) is 5. The molecule has 8 heteroatoms. The second-order valence-corrected chi connectivity index (χ2v) is 7.62. The lowest BCUT2D eigenvalue weighted by Crippen LogP contribution is -2.18. The lowest BCUT2D eigenvalue weighted by Gasteiger charge is -2.20. The van der Waals surface area contributed by atoms with Crippen molar-refractivity contribution in [1.82, 2.24) is 9.97 Å². The number of ketones is 1. The van der Waals surface area contributed by atoms with Crippen molar-refractivity contribution in [3.05, 3.63) is 70.4 Å². The predicted molar refractivity (Wildman–Crippen MR) is 113 cm³/mol. The van der Waals surface area contributed by atoms with Gasteiger partial charge in [0, 0.05) is 17.8 Å². The van der Waals surface area contributed by atoms with E-state index in [-0.39, 0.29) is 23.2 Å². The van der Waals surface area contributed by atoms with Crippen molar-refractivity contribution < 1.29 is 18.0 Å². The number of aromatic nitrogens is 2. The van der Waals surface area contributed by atoms with Crippen molar-refractivity contribution in [1.29, 1.82) is 0 Å². The zero-order valence-electron chi connectivity index (χ0n) is 17.1. The van der Waals surface area contributed by atoms with Crippen LogP contribution >= 0.6 is 0 Å². The molecule has 31 heavy (non-hydrogen) atoms. The number of Topliss-reactive ketones (excluding diaryl/α,β-unsaturated/α-hetero) is 1. The van der Waals surface area contributed by atoms with Crippen LogP contribution in [0.2, 0.25) is 0 Å². The summed E-state index contributed by atoms with van der Waals surface area (Å²) >= 11 is 0. The Balaban J connectivity index is 1.73. The highest BCUT2D eigenvalue weighted by atomic mass is 19.4. The maximum Gasteiger partial charge on any atom is 0.416 e. The molecule has 0 bridgehead atoms. The minimum absolute atomic E-state index is 0.117. The van der Waals surface area contributed by atoms with Gasteiger partial charge < -0.3 is 10.6 Å². The summed E-state index contributed by atoms with van der Waals surface area (Å²) in [4.78, 5) is 21.5. The molecule has 0 amide bonds. The van der Waals surface area contributed by atoms with E-state index < -0.39 is 11.7 Å². The van der Waals surface area contributed by atoms with Gasteiger partial charge in [-0.05, 0) is 68.1 Å². The van der Waals surface area contributed by atoms with Crippen LogP contribution in [-0.4, -0.2) is 15.8 Å². The number of carbonyl (C=O) groups excluding carboxylic acids is 1. The predicted octanol–water partition coefficient (Wildman–Crippen LogP) is 6.12. The number of benzene rings is 2. The molecule has 0 radical (unpaired) electrons. The molecule has 1 aliphatic rings. The first-order chi connectivity index (χ1) is 14.7. The summed E-state index contributed by atoms with van der Waals surface area (Å²) in [6.45, 7) is 4.00. The van der Waals surface area contributed by atoms with Gasteiger partial charge in [-0.3, -0.25) is 4.79 Å². The van der Waals surface area contributed by atoms with E-state index in [1.807, 2.05) is 32.0 Å². The van der Waals surface area contributed by atoms with E-state index in [0.717, 1.165) is 28.9 Å². The smallest absolute Gasteiger partial charge is 0.339 e. The SMILES string of the molecule is Cc1ccc(Nc2nc3c(c(Nc4cccc(C(F)(F)F)c4)n2)C(=O)CCC3)cc1C. The number of hydrogen-bond donors (Lipinski definition) is 2. The summed E-state index contributed by atoms with van der Waals surface area (Å²) in [5.41, 5.74) is 3.39. The Kier molecular flexibility index (Phi) is 5.39. The molecule has 0 saturated carbocycles. The maximum absolute atomic E-state index is 13.1. The molecule has 0 aliphatic heterocycles. The summed E-state index contributed by atoms with van der Waals surface area (Å²) in [7, 11) is 0. The molecule has 1 heterocycles. The van der Waals surface area contributed by atoms with Crippen molar-refractivity contribution in [3.63, 3.8) is 0 Å². The fourth-order valence-electron chi connectivity index (χ4n) is 3.53. The fourth-order valence-corrected chi connectivity index (χ4v) is 3.53. The van der Waals surface area contributed by atoms with Gasteiger partial charge in [0.05, 0.1) is 16.8 Å². The molecule has 4 rings (SSSR count). The van der Waals surface area contributed by atoms with Gasteiger partial charge in [-0.25, -0.2) is 4.98 Å². The molecule has 0 spiro atoms. The largest absolute Gasteiger partial charge is 0.416 e. The zero-order chi connectivity index (χ0) is 22.2. The van der Waals surface area contributed by atoms with E-state index in [2.05, 4.69) is 20.6 Å². The molecular formula is C23H21F3N4O. The van der Waals surface area contributed by atoms with Gasteiger partial charge in [0.15, 0.2) is 5.78 Å². The molecular weight excluding hydrogens is 405 g/mol. The summed E-state index contributed by atoms with van der Waals surface area (Å²) in [5, 5.41) is 6.05. The van der Waals surface area contributed by atoms with Gasteiger partial charge in [-0.2, -0.15) is 18.2 Å². The summed E-state index contributed by atoms with van der Waals surface area (Å²) in [6.07, 6.45) is -2.83. The Labute approximate surface area is 177 Å². The van der Waals surface area contributed by atoms with Crippen molar-refractivity contribution in [2.24, 2.45) is 0 Å². The molecule has 3 aromatic rings. The van der Waals surface area contributed by atoms with Crippen LogP contribution in [0.3, 0.4) is 0 Å². The van der Waals surface area contributed by atoms with Crippen LogP contribution in [0.15, 0.2) is 42.5 Å². The van der Waals surface area contributed by atoms with Crippen molar-refractivity contribution in [2.75, 3.05) is 10.6 Å². The highest BCUT2D eigenvalue weighted by Crippen LogP contribution is 2.33. The molecule has 2 N–H and O–H groups in total. The number of anilines is 4. The number of rotatable bonds is 4. The van der Waals surface area contributed by atoms with Gasteiger partial charge in [0.2, 0.25) is 5.95 Å². The Bertz CT molecular complexity index is 1160. The van der Waals surface area contributed by atoms with Gasteiger partial charge in [-0.1, -0.05) is 12.1 Å². The Hall–Kier alpha value is -3.42. The highest BCUT2D eigenvalue weighted by molar-refractivity contribution is 6.03. The van der Waals surface area contributed by atoms with Crippen LogP contribution < -0.4 is 10.6 Å². The number of alkyl halides is 3. The summed E-state index contributed by atoms with van der Waals surface area (Å²) < 4.78 is 39.3. The standard InChI is InChI=1S/C23H21F3N4O/c1-13-9-10-17(11-14(13)2)28-22-29-18-7-4-8-19(31)20(18)21(30-22)27-16-6-3-5-15(12-16)23(24,25)26/h3,5-6,9-12H,4,7-8H2,1-2H3,(H2,27,28,29,30). The van der Waals surface area contributed by atoms with Crippen LogP contribution in [-0.2, 0) is 12.6 Å². The summed E-state index contributed by atoms with van der Waals surface area (Å²) in [6, 6.07) is 10.7. The van der Waals surface area contributed by atoms with Crippen molar-refractivity contribution in [3.8, 4) is 0 Å². The molecule has 160 valence electrons. The van der Waals surface area contributed by atoms with E-state index >= 15 is 0 Å². The van der Waals surface area contributed by atoms with Gasteiger partial charge in [0.1, 0.15) is 5.82 Å². The molecule has 5 nitrogen and oxygen atoms in total. The highest BCUT2D eigenvalue weighted by Gasteiger charge is 2.31. The topological polar surface area (TPSA) is 66.9 Å². The average Bonchev–Trinajstić information content (AvgIpc) is 2.70. The minimum atomic E-state index is -4.46. The van der Waals surface area contributed by atoms with Crippen LogP contribution in [0.25, 0.3) is 0 Å². The lowest BCUT2D eigenvalue weighted by atomic mass is 9.95. The quantitative estimate of drug-likeness (QED) is 0.526. The molecule has 0 saturated heterocycles. The number of aryl methyl sites for hydroxylation is 3. The first-order valence-electron chi connectivity index (χ1n) is 9.93. The van der Waals surface area contributed by atoms with Crippen LogP contribution in [0.5, 0.6) is 0 Å².